The highest BCUT2D eigenvalue weighted by Gasteiger charge is 2.11. The van der Waals surface area contributed by atoms with E-state index in [0.29, 0.717) is 17.3 Å². The van der Waals surface area contributed by atoms with Crippen LogP contribution in [-0.4, -0.2) is 24.3 Å². The molecule has 2 rings (SSSR count). The average Bonchev–Trinajstić information content (AvgIpc) is 2.52. The number of rotatable bonds is 6. The van der Waals surface area contributed by atoms with Crippen LogP contribution in [0.3, 0.4) is 0 Å². The number of aliphatic hydroxyl groups excluding tert-OH is 1. The van der Waals surface area contributed by atoms with Crippen molar-refractivity contribution in [2.24, 2.45) is 0 Å². The quantitative estimate of drug-likeness (QED) is 0.829. The van der Waals surface area contributed by atoms with Crippen molar-refractivity contribution < 1.29 is 14.6 Å². The Morgan fingerprint density at radius 1 is 1.20 bits per heavy atom. The molecule has 0 amide bonds. The van der Waals surface area contributed by atoms with Crippen molar-refractivity contribution in [3.8, 4) is 11.5 Å². The van der Waals surface area contributed by atoms with E-state index in [1.165, 1.54) is 0 Å². The number of thioether (sulfide) groups is 1. The third kappa shape index (κ3) is 3.43. The maximum absolute atomic E-state index is 9.14. The van der Waals surface area contributed by atoms with E-state index in [9.17, 15) is 0 Å². The van der Waals surface area contributed by atoms with Crippen LogP contribution < -0.4 is 9.47 Å². The Labute approximate surface area is 122 Å². The maximum atomic E-state index is 9.14. The SMILES string of the molecule is COc1ccnc(CSc2cccc(CO)c2)c1OC. The fourth-order valence-corrected chi connectivity index (χ4v) is 2.76. The van der Waals surface area contributed by atoms with Crippen molar-refractivity contribution in [3.05, 3.63) is 47.8 Å². The highest BCUT2D eigenvalue weighted by molar-refractivity contribution is 7.98. The first-order valence-electron chi connectivity index (χ1n) is 6.17. The predicted octanol–water partition coefficient (Wildman–Crippen LogP) is 2.88. The first-order chi connectivity index (χ1) is 9.78. The minimum absolute atomic E-state index is 0.0507. The monoisotopic (exact) mass is 291 g/mol. The number of benzene rings is 1. The molecular formula is C15H17NO3S. The summed E-state index contributed by atoms with van der Waals surface area (Å²) in [5.41, 5.74) is 1.74. The van der Waals surface area contributed by atoms with Crippen molar-refractivity contribution in [1.29, 1.82) is 0 Å². The van der Waals surface area contributed by atoms with Gasteiger partial charge in [0, 0.05) is 22.9 Å². The van der Waals surface area contributed by atoms with Crippen LogP contribution in [0.15, 0.2) is 41.4 Å². The Balaban J connectivity index is 2.14. The van der Waals surface area contributed by atoms with Gasteiger partial charge in [-0.3, -0.25) is 4.98 Å². The Bertz CT molecular complexity index is 575. The number of hydrogen-bond donors (Lipinski definition) is 1. The molecule has 0 aliphatic rings. The molecule has 20 heavy (non-hydrogen) atoms. The molecule has 0 radical (unpaired) electrons. The summed E-state index contributed by atoms with van der Waals surface area (Å²) in [6.45, 7) is 0.0507. The van der Waals surface area contributed by atoms with Crippen LogP contribution in [0.1, 0.15) is 11.3 Å². The molecule has 0 aliphatic carbocycles. The van der Waals surface area contributed by atoms with Gasteiger partial charge in [0.1, 0.15) is 0 Å². The fraction of sp³-hybridized carbons (Fsp3) is 0.267. The highest BCUT2D eigenvalue weighted by Crippen LogP contribution is 2.33. The van der Waals surface area contributed by atoms with E-state index in [1.54, 1.807) is 38.2 Å². The number of ether oxygens (including phenoxy) is 2. The lowest BCUT2D eigenvalue weighted by molar-refractivity contribution is 0.281. The van der Waals surface area contributed by atoms with Crippen molar-refractivity contribution in [1.82, 2.24) is 4.98 Å². The lowest BCUT2D eigenvalue weighted by atomic mass is 10.2. The minimum atomic E-state index is 0.0507. The number of methoxy groups -OCH3 is 2. The number of hydrogen-bond acceptors (Lipinski definition) is 5. The maximum Gasteiger partial charge on any atom is 0.183 e. The van der Waals surface area contributed by atoms with E-state index in [4.69, 9.17) is 14.6 Å². The van der Waals surface area contributed by atoms with Gasteiger partial charge in [-0.15, -0.1) is 11.8 Å². The van der Waals surface area contributed by atoms with Gasteiger partial charge in [0.2, 0.25) is 0 Å². The summed E-state index contributed by atoms with van der Waals surface area (Å²) in [5, 5.41) is 9.14. The molecule has 0 bridgehead atoms. The summed E-state index contributed by atoms with van der Waals surface area (Å²) in [6.07, 6.45) is 1.71. The summed E-state index contributed by atoms with van der Waals surface area (Å²) in [6, 6.07) is 9.59. The van der Waals surface area contributed by atoms with Gasteiger partial charge >= 0.3 is 0 Å². The largest absolute Gasteiger partial charge is 0.493 e. The second-order valence-electron chi connectivity index (χ2n) is 4.09. The van der Waals surface area contributed by atoms with Gasteiger partial charge in [-0.25, -0.2) is 0 Å². The lowest BCUT2D eigenvalue weighted by Gasteiger charge is -2.11. The van der Waals surface area contributed by atoms with Gasteiger partial charge in [0.25, 0.3) is 0 Å². The van der Waals surface area contributed by atoms with Crippen LogP contribution in [0.5, 0.6) is 11.5 Å². The second kappa shape index (κ2) is 7.17. The van der Waals surface area contributed by atoms with Gasteiger partial charge in [-0.2, -0.15) is 0 Å². The lowest BCUT2D eigenvalue weighted by Crippen LogP contribution is -1.97. The number of nitrogens with zero attached hydrogens (tertiary/aromatic N) is 1. The zero-order valence-corrected chi connectivity index (χ0v) is 12.3. The molecule has 0 aliphatic heterocycles. The molecule has 0 unspecified atom stereocenters. The molecule has 1 heterocycles. The molecule has 5 heteroatoms. The van der Waals surface area contributed by atoms with Gasteiger partial charge in [-0.1, -0.05) is 12.1 Å². The molecule has 0 fully saturated rings. The van der Waals surface area contributed by atoms with Crippen molar-refractivity contribution in [2.75, 3.05) is 14.2 Å². The number of pyridine rings is 1. The van der Waals surface area contributed by atoms with Crippen LogP contribution in [0.4, 0.5) is 0 Å². The second-order valence-corrected chi connectivity index (χ2v) is 5.14. The Hall–Kier alpha value is -1.72. The first-order valence-corrected chi connectivity index (χ1v) is 7.15. The fourth-order valence-electron chi connectivity index (χ4n) is 1.84. The van der Waals surface area contributed by atoms with E-state index in [0.717, 1.165) is 16.2 Å². The van der Waals surface area contributed by atoms with Crippen molar-refractivity contribution >= 4 is 11.8 Å². The third-order valence-corrected chi connectivity index (χ3v) is 3.83. The predicted molar refractivity (Wildman–Crippen MR) is 79.3 cm³/mol. The molecule has 0 saturated heterocycles. The Kier molecular flexibility index (Phi) is 5.26. The van der Waals surface area contributed by atoms with Gasteiger partial charge in [0.15, 0.2) is 11.5 Å². The summed E-state index contributed by atoms with van der Waals surface area (Å²) in [4.78, 5) is 5.43. The van der Waals surface area contributed by atoms with Crippen LogP contribution in [0.25, 0.3) is 0 Å². The van der Waals surface area contributed by atoms with Gasteiger partial charge < -0.3 is 14.6 Å². The standard InChI is InChI=1S/C15H17NO3S/c1-18-14-6-7-16-13(15(14)19-2)10-20-12-5-3-4-11(8-12)9-17/h3-8,17H,9-10H2,1-2H3. The van der Waals surface area contributed by atoms with Crippen molar-refractivity contribution in [2.45, 2.75) is 17.3 Å². The molecule has 2 aromatic rings. The summed E-state index contributed by atoms with van der Waals surface area (Å²) < 4.78 is 10.6. The normalized spacial score (nSPS) is 10.3. The van der Waals surface area contributed by atoms with E-state index in [2.05, 4.69) is 4.98 Å². The average molecular weight is 291 g/mol. The zero-order chi connectivity index (χ0) is 14.4. The summed E-state index contributed by atoms with van der Waals surface area (Å²) in [7, 11) is 3.22. The highest BCUT2D eigenvalue weighted by atomic mass is 32.2. The molecule has 4 nitrogen and oxygen atoms in total. The molecule has 1 aromatic carbocycles. The Morgan fingerprint density at radius 2 is 2.05 bits per heavy atom. The van der Waals surface area contributed by atoms with Gasteiger partial charge in [-0.05, 0) is 17.7 Å². The topological polar surface area (TPSA) is 51.6 Å². The third-order valence-electron chi connectivity index (χ3n) is 2.82. The van der Waals surface area contributed by atoms with Crippen LogP contribution in [0.2, 0.25) is 0 Å². The summed E-state index contributed by atoms with van der Waals surface area (Å²) in [5.74, 6) is 2.03. The zero-order valence-electron chi connectivity index (χ0n) is 11.5. The van der Waals surface area contributed by atoms with Crippen LogP contribution in [0, 0.1) is 0 Å². The molecule has 1 aromatic heterocycles. The van der Waals surface area contributed by atoms with Crippen LogP contribution in [-0.2, 0) is 12.4 Å². The number of aromatic nitrogens is 1. The van der Waals surface area contributed by atoms with E-state index in [-0.39, 0.29) is 6.61 Å². The minimum Gasteiger partial charge on any atom is -0.493 e. The van der Waals surface area contributed by atoms with Gasteiger partial charge in [0.05, 0.1) is 26.5 Å². The summed E-state index contributed by atoms with van der Waals surface area (Å²) >= 11 is 1.64. The molecule has 1 N–H and O–H groups in total. The molecule has 0 spiro atoms. The molecule has 0 saturated carbocycles. The Morgan fingerprint density at radius 3 is 2.75 bits per heavy atom. The van der Waals surface area contributed by atoms with E-state index < -0.39 is 0 Å². The van der Waals surface area contributed by atoms with Crippen molar-refractivity contribution in [3.63, 3.8) is 0 Å². The van der Waals surface area contributed by atoms with Crippen LogP contribution >= 0.6 is 11.8 Å². The van der Waals surface area contributed by atoms with E-state index in [1.807, 2.05) is 24.3 Å². The smallest absolute Gasteiger partial charge is 0.183 e. The molecule has 106 valence electrons. The van der Waals surface area contributed by atoms with E-state index >= 15 is 0 Å². The first kappa shape index (κ1) is 14.7. The number of aliphatic hydroxyl groups is 1. The molecular weight excluding hydrogens is 274 g/mol. The molecule has 0 atom stereocenters.